The normalized spacial score (nSPS) is 23.2. The Morgan fingerprint density at radius 2 is 1.79 bits per heavy atom. The van der Waals surface area contributed by atoms with Crippen molar-refractivity contribution in [2.45, 2.75) is 18.6 Å². The SMILES string of the molecule is C(OCC1CO1)C1CO1.C=CCc1ccccc1O. The van der Waals surface area contributed by atoms with Crippen molar-refractivity contribution in [3.05, 3.63) is 42.5 Å². The van der Waals surface area contributed by atoms with E-state index in [0.717, 1.165) is 38.4 Å². The van der Waals surface area contributed by atoms with E-state index >= 15 is 0 Å². The molecule has 4 nitrogen and oxygen atoms in total. The Bertz CT molecular complexity index is 385. The van der Waals surface area contributed by atoms with Gasteiger partial charge in [-0.1, -0.05) is 24.3 Å². The molecule has 0 aromatic heterocycles. The van der Waals surface area contributed by atoms with Crippen LogP contribution in [-0.4, -0.2) is 43.7 Å². The highest BCUT2D eigenvalue weighted by Gasteiger charge is 2.26. The minimum atomic E-state index is 0.349. The summed E-state index contributed by atoms with van der Waals surface area (Å²) in [5.41, 5.74) is 0.928. The second kappa shape index (κ2) is 7.28. The maximum absolute atomic E-state index is 9.19. The zero-order valence-corrected chi connectivity index (χ0v) is 11.0. The van der Waals surface area contributed by atoms with E-state index in [4.69, 9.17) is 14.2 Å². The van der Waals surface area contributed by atoms with E-state index in [2.05, 4.69) is 6.58 Å². The van der Waals surface area contributed by atoms with Gasteiger partial charge >= 0.3 is 0 Å². The molecule has 2 saturated heterocycles. The summed E-state index contributed by atoms with van der Waals surface area (Å²) in [7, 11) is 0. The highest BCUT2D eigenvalue weighted by molar-refractivity contribution is 5.32. The average Bonchev–Trinajstić information content (AvgIpc) is 3.27. The highest BCUT2D eigenvalue weighted by atomic mass is 16.6. The van der Waals surface area contributed by atoms with Crippen molar-refractivity contribution in [3.8, 4) is 5.75 Å². The molecule has 2 aliphatic heterocycles. The van der Waals surface area contributed by atoms with Crippen molar-refractivity contribution >= 4 is 0 Å². The number of ether oxygens (including phenoxy) is 3. The number of allylic oxidation sites excluding steroid dienone is 1. The number of phenols is 1. The van der Waals surface area contributed by atoms with Crippen LogP contribution in [0.25, 0.3) is 0 Å². The van der Waals surface area contributed by atoms with Crippen LogP contribution in [-0.2, 0) is 20.6 Å². The second-order valence-electron chi connectivity index (χ2n) is 4.57. The molecule has 0 bridgehead atoms. The van der Waals surface area contributed by atoms with E-state index < -0.39 is 0 Å². The number of rotatable bonds is 6. The van der Waals surface area contributed by atoms with Crippen molar-refractivity contribution in [2.24, 2.45) is 0 Å². The molecule has 1 aromatic carbocycles. The Labute approximate surface area is 113 Å². The number of phenolic OH excluding ortho intramolecular Hbond substituents is 1. The fraction of sp³-hybridized carbons (Fsp3) is 0.467. The van der Waals surface area contributed by atoms with Gasteiger partial charge < -0.3 is 19.3 Å². The van der Waals surface area contributed by atoms with Gasteiger partial charge in [-0.05, 0) is 18.1 Å². The standard InChI is InChI=1S/C9H10O.C6H10O3/c1-2-5-8-6-3-4-7-9(8)10;1(5-3-8-5)7-2-6-4-9-6/h2-4,6-7,10H,1,5H2;5-6H,1-4H2. The summed E-state index contributed by atoms with van der Waals surface area (Å²) in [6.45, 7) is 6.85. The number of benzene rings is 1. The molecule has 1 N–H and O–H groups in total. The van der Waals surface area contributed by atoms with E-state index in [0.29, 0.717) is 18.0 Å². The maximum atomic E-state index is 9.19. The summed E-state index contributed by atoms with van der Waals surface area (Å²) < 4.78 is 15.1. The molecule has 0 saturated carbocycles. The highest BCUT2D eigenvalue weighted by Crippen LogP contribution is 2.15. The van der Waals surface area contributed by atoms with Gasteiger partial charge in [0.15, 0.2) is 0 Å². The Hall–Kier alpha value is -1.36. The maximum Gasteiger partial charge on any atom is 0.119 e. The number of epoxide rings is 2. The minimum Gasteiger partial charge on any atom is -0.508 e. The van der Waals surface area contributed by atoms with Crippen LogP contribution >= 0.6 is 0 Å². The van der Waals surface area contributed by atoms with E-state index in [1.54, 1.807) is 12.1 Å². The molecule has 2 heterocycles. The molecular weight excluding hydrogens is 244 g/mol. The monoisotopic (exact) mass is 264 g/mol. The van der Waals surface area contributed by atoms with Crippen LogP contribution in [0.1, 0.15) is 5.56 Å². The molecule has 19 heavy (non-hydrogen) atoms. The van der Waals surface area contributed by atoms with Crippen LogP contribution in [0.15, 0.2) is 36.9 Å². The van der Waals surface area contributed by atoms with Gasteiger partial charge in [-0.2, -0.15) is 0 Å². The predicted octanol–water partition coefficient (Wildman–Crippen LogP) is 1.92. The van der Waals surface area contributed by atoms with Gasteiger partial charge in [-0.3, -0.25) is 0 Å². The van der Waals surface area contributed by atoms with E-state index in [1.807, 2.05) is 18.2 Å². The lowest BCUT2D eigenvalue weighted by atomic mass is 10.1. The lowest BCUT2D eigenvalue weighted by Gasteiger charge is -1.97. The van der Waals surface area contributed by atoms with Crippen molar-refractivity contribution in [1.82, 2.24) is 0 Å². The molecule has 104 valence electrons. The van der Waals surface area contributed by atoms with Gasteiger partial charge in [0.1, 0.15) is 18.0 Å². The first-order valence-electron chi connectivity index (χ1n) is 6.48. The Morgan fingerprint density at radius 3 is 2.26 bits per heavy atom. The molecule has 2 unspecified atom stereocenters. The molecule has 0 spiro atoms. The third-order valence-electron chi connectivity index (χ3n) is 2.77. The summed E-state index contributed by atoms with van der Waals surface area (Å²) >= 11 is 0. The van der Waals surface area contributed by atoms with Crippen LogP contribution in [0, 0.1) is 0 Å². The lowest BCUT2D eigenvalue weighted by molar-refractivity contribution is 0.102. The van der Waals surface area contributed by atoms with Crippen molar-refractivity contribution in [1.29, 1.82) is 0 Å². The first-order valence-corrected chi connectivity index (χ1v) is 6.48. The van der Waals surface area contributed by atoms with Crippen molar-refractivity contribution in [3.63, 3.8) is 0 Å². The zero-order chi connectivity index (χ0) is 13.5. The molecule has 2 atom stereocenters. The van der Waals surface area contributed by atoms with Crippen molar-refractivity contribution < 1.29 is 19.3 Å². The van der Waals surface area contributed by atoms with Crippen LogP contribution in [0.4, 0.5) is 0 Å². The molecule has 3 rings (SSSR count). The summed E-state index contributed by atoms with van der Waals surface area (Å²) in [5, 5.41) is 9.19. The van der Waals surface area contributed by atoms with Crippen LogP contribution in [0.5, 0.6) is 5.75 Å². The third-order valence-corrected chi connectivity index (χ3v) is 2.77. The van der Waals surface area contributed by atoms with Crippen LogP contribution in [0.2, 0.25) is 0 Å². The number of aromatic hydroxyl groups is 1. The minimum absolute atomic E-state index is 0.349. The molecule has 2 aliphatic rings. The molecule has 0 radical (unpaired) electrons. The topological polar surface area (TPSA) is 54.5 Å². The van der Waals surface area contributed by atoms with Gasteiger partial charge in [-0.25, -0.2) is 0 Å². The van der Waals surface area contributed by atoms with Gasteiger partial charge in [0.25, 0.3) is 0 Å². The fourth-order valence-electron chi connectivity index (χ4n) is 1.50. The van der Waals surface area contributed by atoms with Crippen LogP contribution < -0.4 is 0 Å². The predicted molar refractivity (Wildman–Crippen MR) is 72.3 cm³/mol. The summed E-state index contributed by atoms with van der Waals surface area (Å²) in [5.74, 6) is 0.349. The molecule has 0 amide bonds. The van der Waals surface area contributed by atoms with Gasteiger partial charge in [0.2, 0.25) is 0 Å². The Morgan fingerprint density at radius 1 is 1.21 bits per heavy atom. The zero-order valence-electron chi connectivity index (χ0n) is 11.0. The summed E-state index contributed by atoms with van der Waals surface area (Å²) in [6.07, 6.45) is 3.29. The molecule has 0 aliphatic carbocycles. The number of hydrogen-bond donors (Lipinski definition) is 1. The fourth-order valence-corrected chi connectivity index (χ4v) is 1.50. The largest absolute Gasteiger partial charge is 0.508 e. The first kappa shape index (κ1) is 14.1. The quantitative estimate of drug-likeness (QED) is 0.630. The molecule has 4 heteroatoms. The molecular formula is C15H20O4. The second-order valence-corrected chi connectivity index (χ2v) is 4.57. The van der Waals surface area contributed by atoms with Crippen LogP contribution in [0.3, 0.4) is 0 Å². The summed E-state index contributed by atoms with van der Waals surface area (Å²) in [4.78, 5) is 0. The third kappa shape index (κ3) is 5.87. The average molecular weight is 264 g/mol. The number of hydrogen-bond acceptors (Lipinski definition) is 4. The Kier molecular flexibility index (Phi) is 5.39. The Balaban J connectivity index is 0.000000141. The van der Waals surface area contributed by atoms with E-state index in [1.165, 1.54) is 0 Å². The lowest BCUT2D eigenvalue weighted by Crippen LogP contribution is -2.06. The molecule has 2 fully saturated rings. The first-order chi connectivity index (χ1) is 9.29. The number of para-hydroxylation sites is 1. The van der Waals surface area contributed by atoms with Gasteiger partial charge in [-0.15, -0.1) is 6.58 Å². The van der Waals surface area contributed by atoms with Gasteiger partial charge in [0.05, 0.1) is 26.4 Å². The van der Waals surface area contributed by atoms with E-state index in [9.17, 15) is 5.11 Å². The molecule has 1 aromatic rings. The summed E-state index contributed by atoms with van der Waals surface area (Å²) in [6, 6.07) is 7.27. The van der Waals surface area contributed by atoms with Gasteiger partial charge in [0, 0.05) is 0 Å². The smallest absolute Gasteiger partial charge is 0.119 e. The van der Waals surface area contributed by atoms with E-state index in [-0.39, 0.29) is 0 Å². The van der Waals surface area contributed by atoms with Crippen molar-refractivity contribution in [2.75, 3.05) is 26.4 Å².